The lowest BCUT2D eigenvalue weighted by Crippen LogP contribution is -2.20. The van der Waals surface area contributed by atoms with Crippen molar-refractivity contribution < 1.29 is 9.53 Å². The normalized spacial score (nSPS) is 9.95. The number of nitrogens with zero attached hydrogens (tertiary/aromatic N) is 1. The number of anilines is 2. The molecule has 0 aliphatic carbocycles. The van der Waals surface area contributed by atoms with E-state index in [0.717, 1.165) is 5.56 Å². The maximum Gasteiger partial charge on any atom is 0.263 e. The Morgan fingerprint density at radius 3 is 2.63 bits per heavy atom. The van der Waals surface area contributed by atoms with E-state index in [1.165, 1.54) is 0 Å². The van der Waals surface area contributed by atoms with Crippen LogP contribution < -0.4 is 15.8 Å². The summed E-state index contributed by atoms with van der Waals surface area (Å²) in [4.78, 5) is 15.7. The Balaban J connectivity index is 1.84. The average molecular weight is 257 g/mol. The number of ether oxygens (including phenoxy) is 1. The van der Waals surface area contributed by atoms with E-state index in [0.29, 0.717) is 17.3 Å². The van der Waals surface area contributed by atoms with E-state index >= 15 is 0 Å². The van der Waals surface area contributed by atoms with Crippen LogP contribution in [0.15, 0.2) is 42.6 Å². The summed E-state index contributed by atoms with van der Waals surface area (Å²) in [5.41, 5.74) is 7.25. The molecule has 0 aliphatic rings. The zero-order chi connectivity index (χ0) is 13.7. The molecule has 19 heavy (non-hydrogen) atoms. The molecule has 0 radical (unpaired) electrons. The molecule has 2 aromatic rings. The molecule has 0 spiro atoms. The fourth-order valence-corrected chi connectivity index (χ4v) is 1.43. The van der Waals surface area contributed by atoms with E-state index in [1.54, 1.807) is 36.5 Å². The highest BCUT2D eigenvalue weighted by Crippen LogP contribution is 2.13. The van der Waals surface area contributed by atoms with Gasteiger partial charge in [-0.05, 0) is 42.8 Å². The Morgan fingerprint density at radius 1 is 1.26 bits per heavy atom. The standard InChI is InChI=1S/C14H15N3O2/c1-10-2-7-13(16-8-10)17-14(18)9-19-12-5-3-11(15)4-6-12/h2-8H,9,15H2,1H3,(H,16,17,18). The number of aryl methyl sites for hydroxylation is 1. The first kappa shape index (κ1) is 12.9. The predicted octanol–water partition coefficient (Wildman–Crippen LogP) is 1.99. The maximum absolute atomic E-state index is 11.6. The van der Waals surface area contributed by atoms with Gasteiger partial charge in [-0.1, -0.05) is 6.07 Å². The monoisotopic (exact) mass is 257 g/mol. The minimum atomic E-state index is -0.256. The van der Waals surface area contributed by atoms with Gasteiger partial charge in [0.1, 0.15) is 11.6 Å². The van der Waals surface area contributed by atoms with Crippen molar-refractivity contribution in [2.24, 2.45) is 0 Å². The molecule has 3 N–H and O–H groups in total. The van der Waals surface area contributed by atoms with Crippen molar-refractivity contribution in [2.75, 3.05) is 17.7 Å². The molecule has 1 heterocycles. The van der Waals surface area contributed by atoms with Gasteiger partial charge in [-0.25, -0.2) is 4.98 Å². The van der Waals surface area contributed by atoms with Gasteiger partial charge in [0.15, 0.2) is 6.61 Å². The number of benzene rings is 1. The Hall–Kier alpha value is -2.56. The number of hydrogen-bond donors (Lipinski definition) is 2. The topological polar surface area (TPSA) is 77.2 Å². The quantitative estimate of drug-likeness (QED) is 0.821. The van der Waals surface area contributed by atoms with Crippen LogP contribution >= 0.6 is 0 Å². The summed E-state index contributed by atoms with van der Waals surface area (Å²) in [6, 6.07) is 10.5. The number of rotatable bonds is 4. The van der Waals surface area contributed by atoms with E-state index in [9.17, 15) is 4.79 Å². The molecule has 0 saturated carbocycles. The van der Waals surface area contributed by atoms with Crippen molar-refractivity contribution in [3.05, 3.63) is 48.2 Å². The summed E-state index contributed by atoms with van der Waals surface area (Å²) in [6.45, 7) is 1.86. The summed E-state index contributed by atoms with van der Waals surface area (Å²) in [6.07, 6.45) is 1.69. The lowest BCUT2D eigenvalue weighted by molar-refractivity contribution is -0.118. The molecule has 1 aromatic carbocycles. The fraction of sp³-hybridized carbons (Fsp3) is 0.143. The zero-order valence-corrected chi connectivity index (χ0v) is 10.6. The Morgan fingerprint density at radius 2 is 2.00 bits per heavy atom. The van der Waals surface area contributed by atoms with Crippen LogP contribution in [0, 0.1) is 6.92 Å². The van der Waals surface area contributed by atoms with Crippen molar-refractivity contribution in [1.29, 1.82) is 0 Å². The lowest BCUT2D eigenvalue weighted by atomic mass is 10.3. The molecule has 0 atom stereocenters. The van der Waals surface area contributed by atoms with Crippen LogP contribution in [-0.4, -0.2) is 17.5 Å². The minimum Gasteiger partial charge on any atom is -0.484 e. The second kappa shape index (κ2) is 5.86. The average Bonchev–Trinajstić information content (AvgIpc) is 2.41. The number of nitrogen functional groups attached to an aromatic ring is 1. The second-order valence-corrected chi connectivity index (χ2v) is 4.13. The zero-order valence-electron chi connectivity index (χ0n) is 10.6. The number of amides is 1. The SMILES string of the molecule is Cc1ccc(NC(=O)COc2ccc(N)cc2)nc1. The Kier molecular flexibility index (Phi) is 3.97. The maximum atomic E-state index is 11.6. The summed E-state index contributed by atoms with van der Waals surface area (Å²) >= 11 is 0. The van der Waals surface area contributed by atoms with E-state index in [4.69, 9.17) is 10.5 Å². The van der Waals surface area contributed by atoms with Crippen LogP contribution in [0.4, 0.5) is 11.5 Å². The molecule has 0 aliphatic heterocycles. The van der Waals surface area contributed by atoms with Gasteiger partial charge in [0, 0.05) is 11.9 Å². The summed E-state index contributed by atoms with van der Waals surface area (Å²) in [7, 11) is 0. The van der Waals surface area contributed by atoms with Crippen LogP contribution in [0.1, 0.15) is 5.56 Å². The minimum absolute atomic E-state index is 0.0700. The third-order valence-electron chi connectivity index (χ3n) is 2.43. The van der Waals surface area contributed by atoms with Crippen LogP contribution in [0.2, 0.25) is 0 Å². The highest BCUT2D eigenvalue weighted by molar-refractivity contribution is 5.90. The van der Waals surface area contributed by atoms with Gasteiger partial charge in [-0.2, -0.15) is 0 Å². The number of hydrogen-bond acceptors (Lipinski definition) is 4. The Labute approximate surface area is 111 Å². The summed E-state index contributed by atoms with van der Waals surface area (Å²) in [5, 5.41) is 2.65. The van der Waals surface area contributed by atoms with Gasteiger partial charge in [0.05, 0.1) is 0 Å². The van der Waals surface area contributed by atoms with Gasteiger partial charge < -0.3 is 15.8 Å². The fourth-order valence-electron chi connectivity index (χ4n) is 1.43. The van der Waals surface area contributed by atoms with Gasteiger partial charge in [-0.15, -0.1) is 0 Å². The molecule has 1 aromatic heterocycles. The van der Waals surface area contributed by atoms with Gasteiger partial charge in [0.25, 0.3) is 5.91 Å². The number of pyridine rings is 1. The molecule has 98 valence electrons. The molecule has 0 unspecified atom stereocenters. The summed E-state index contributed by atoms with van der Waals surface area (Å²) in [5.74, 6) is 0.853. The molecule has 2 rings (SSSR count). The van der Waals surface area contributed by atoms with Crippen LogP contribution in [0.3, 0.4) is 0 Å². The van der Waals surface area contributed by atoms with Crippen LogP contribution in [0.25, 0.3) is 0 Å². The van der Waals surface area contributed by atoms with Crippen molar-refractivity contribution in [3.8, 4) is 5.75 Å². The molecule has 5 nitrogen and oxygen atoms in total. The van der Waals surface area contributed by atoms with Crippen molar-refractivity contribution in [3.63, 3.8) is 0 Å². The van der Waals surface area contributed by atoms with E-state index < -0.39 is 0 Å². The molecule has 0 fully saturated rings. The van der Waals surface area contributed by atoms with Crippen LogP contribution in [0.5, 0.6) is 5.75 Å². The third kappa shape index (κ3) is 3.99. The molecule has 0 saturated heterocycles. The number of aromatic nitrogens is 1. The highest BCUT2D eigenvalue weighted by Gasteiger charge is 2.04. The first-order valence-corrected chi connectivity index (χ1v) is 5.84. The molecular weight excluding hydrogens is 242 g/mol. The summed E-state index contributed by atoms with van der Waals surface area (Å²) < 4.78 is 5.32. The van der Waals surface area contributed by atoms with E-state index in [-0.39, 0.29) is 12.5 Å². The second-order valence-electron chi connectivity index (χ2n) is 4.13. The van der Waals surface area contributed by atoms with E-state index in [1.807, 2.05) is 13.0 Å². The largest absolute Gasteiger partial charge is 0.484 e. The molecule has 1 amide bonds. The van der Waals surface area contributed by atoms with Crippen molar-refractivity contribution >= 4 is 17.4 Å². The number of carbonyl (C=O) groups is 1. The van der Waals surface area contributed by atoms with Gasteiger partial charge >= 0.3 is 0 Å². The Bertz CT molecular complexity index is 550. The molecular formula is C14H15N3O2. The van der Waals surface area contributed by atoms with Crippen molar-refractivity contribution in [1.82, 2.24) is 4.98 Å². The number of carbonyl (C=O) groups excluding carboxylic acids is 1. The lowest BCUT2D eigenvalue weighted by Gasteiger charge is -2.07. The van der Waals surface area contributed by atoms with Gasteiger partial charge in [-0.3, -0.25) is 4.79 Å². The third-order valence-corrected chi connectivity index (χ3v) is 2.43. The number of nitrogens with two attached hydrogens (primary N) is 1. The first-order chi connectivity index (χ1) is 9.13. The molecule has 5 heteroatoms. The van der Waals surface area contributed by atoms with Crippen LogP contribution in [-0.2, 0) is 4.79 Å². The smallest absolute Gasteiger partial charge is 0.263 e. The molecule has 0 bridgehead atoms. The highest BCUT2D eigenvalue weighted by atomic mass is 16.5. The predicted molar refractivity (Wildman–Crippen MR) is 74.0 cm³/mol. The first-order valence-electron chi connectivity index (χ1n) is 5.84. The number of nitrogens with one attached hydrogen (secondary N) is 1. The van der Waals surface area contributed by atoms with Gasteiger partial charge in [0.2, 0.25) is 0 Å². The van der Waals surface area contributed by atoms with Crippen molar-refractivity contribution in [2.45, 2.75) is 6.92 Å². The van der Waals surface area contributed by atoms with E-state index in [2.05, 4.69) is 10.3 Å².